The van der Waals surface area contributed by atoms with Gasteiger partial charge in [-0.15, -0.1) is 0 Å². The maximum absolute atomic E-state index is 13.1. The molecule has 0 N–H and O–H groups in total. The van der Waals surface area contributed by atoms with E-state index in [1.165, 1.54) is 17.7 Å². The Morgan fingerprint density at radius 3 is 2.37 bits per heavy atom. The van der Waals surface area contributed by atoms with Crippen LogP contribution < -0.4 is 0 Å². The fourth-order valence-corrected chi connectivity index (χ4v) is 3.49. The van der Waals surface area contributed by atoms with Gasteiger partial charge in [0.2, 0.25) is 5.91 Å². The molecule has 27 heavy (non-hydrogen) atoms. The molecule has 0 unspecified atom stereocenters. The molecule has 3 rings (SSSR count). The van der Waals surface area contributed by atoms with E-state index in [9.17, 15) is 9.18 Å². The van der Waals surface area contributed by atoms with Crippen LogP contribution in [0.3, 0.4) is 0 Å². The minimum atomic E-state index is -0.212. The van der Waals surface area contributed by atoms with Crippen LogP contribution >= 0.6 is 0 Å². The second kappa shape index (κ2) is 8.49. The number of piperazine rings is 1. The molecular formula is C23H27FN2O. The predicted molar refractivity (Wildman–Crippen MR) is 108 cm³/mol. The normalized spacial score (nSPS) is 21.0. The van der Waals surface area contributed by atoms with Crippen molar-refractivity contribution in [3.63, 3.8) is 0 Å². The average molecular weight is 366 g/mol. The summed E-state index contributed by atoms with van der Waals surface area (Å²) in [6, 6.07) is 15.2. The van der Waals surface area contributed by atoms with Crippen molar-refractivity contribution in [3.8, 4) is 0 Å². The number of carbonyl (C=O) groups excluding carboxylic acids is 1. The maximum Gasteiger partial charge on any atom is 0.246 e. The van der Waals surface area contributed by atoms with Gasteiger partial charge in [-0.1, -0.05) is 42.0 Å². The highest BCUT2D eigenvalue weighted by Gasteiger charge is 2.30. The van der Waals surface area contributed by atoms with Crippen LogP contribution in [0.1, 0.15) is 30.5 Å². The number of benzene rings is 2. The zero-order valence-corrected chi connectivity index (χ0v) is 16.2. The first kappa shape index (κ1) is 19.3. The standard InChI is InChI=1S/C23H27FN2O/c1-17-4-6-20(7-5-17)10-13-23(27)26-15-18(2)25(14-19(26)3)16-21-8-11-22(24)12-9-21/h4-13,18-19H,14-16H2,1-3H3/t18-,19+/m0/s1. The molecule has 1 saturated heterocycles. The number of hydrogen-bond donors (Lipinski definition) is 0. The number of rotatable bonds is 4. The van der Waals surface area contributed by atoms with Crippen molar-refractivity contribution in [2.45, 2.75) is 39.4 Å². The van der Waals surface area contributed by atoms with Crippen molar-refractivity contribution in [3.05, 3.63) is 77.1 Å². The summed E-state index contributed by atoms with van der Waals surface area (Å²) in [5.74, 6) is -0.160. The third kappa shape index (κ3) is 5.04. The second-order valence-corrected chi connectivity index (χ2v) is 7.49. The van der Waals surface area contributed by atoms with Gasteiger partial charge in [0, 0.05) is 37.8 Å². The Morgan fingerprint density at radius 2 is 1.70 bits per heavy atom. The van der Waals surface area contributed by atoms with Crippen molar-refractivity contribution in [1.29, 1.82) is 0 Å². The number of aryl methyl sites for hydroxylation is 1. The Kier molecular flexibility index (Phi) is 6.07. The average Bonchev–Trinajstić information content (AvgIpc) is 2.65. The van der Waals surface area contributed by atoms with E-state index in [1.54, 1.807) is 6.08 Å². The minimum absolute atomic E-state index is 0.0522. The SMILES string of the molecule is Cc1ccc(C=CC(=O)N2C[C@H](C)N(Cc3ccc(F)cc3)C[C@H]2C)cc1. The Balaban J connectivity index is 1.61. The summed E-state index contributed by atoms with van der Waals surface area (Å²) in [5, 5.41) is 0. The third-order valence-corrected chi connectivity index (χ3v) is 5.19. The third-order valence-electron chi connectivity index (χ3n) is 5.19. The largest absolute Gasteiger partial charge is 0.334 e. The van der Waals surface area contributed by atoms with Crippen LogP contribution in [-0.2, 0) is 11.3 Å². The quantitative estimate of drug-likeness (QED) is 0.755. The van der Waals surface area contributed by atoms with E-state index in [2.05, 4.69) is 18.7 Å². The van der Waals surface area contributed by atoms with E-state index in [4.69, 9.17) is 0 Å². The first-order chi connectivity index (χ1) is 12.9. The highest BCUT2D eigenvalue weighted by Crippen LogP contribution is 2.19. The Labute approximate surface area is 161 Å². The Hall–Kier alpha value is -2.46. The molecule has 0 aliphatic carbocycles. The van der Waals surface area contributed by atoms with Crippen molar-refractivity contribution in [1.82, 2.24) is 9.80 Å². The predicted octanol–water partition coefficient (Wildman–Crippen LogP) is 4.27. The van der Waals surface area contributed by atoms with Crippen LogP contribution in [0.2, 0.25) is 0 Å². The van der Waals surface area contributed by atoms with Crippen molar-refractivity contribution < 1.29 is 9.18 Å². The summed E-state index contributed by atoms with van der Waals surface area (Å²) < 4.78 is 13.1. The summed E-state index contributed by atoms with van der Waals surface area (Å²) in [7, 11) is 0. The van der Waals surface area contributed by atoms with Crippen LogP contribution in [0.25, 0.3) is 6.08 Å². The van der Waals surface area contributed by atoms with Crippen LogP contribution in [0.5, 0.6) is 0 Å². The zero-order valence-electron chi connectivity index (χ0n) is 16.2. The van der Waals surface area contributed by atoms with Gasteiger partial charge < -0.3 is 4.90 Å². The number of hydrogen-bond acceptors (Lipinski definition) is 2. The van der Waals surface area contributed by atoms with Gasteiger partial charge in [0.25, 0.3) is 0 Å². The number of nitrogens with zero attached hydrogens (tertiary/aromatic N) is 2. The van der Waals surface area contributed by atoms with E-state index in [0.29, 0.717) is 6.54 Å². The number of amides is 1. The highest BCUT2D eigenvalue weighted by molar-refractivity contribution is 5.92. The molecule has 3 nitrogen and oxygen atoms in total. The van der Waals surface area contributed by atoms with E-state index >= 15 is 0 Å². The molecule has 0 bridgehead atoms. The van der Waals surface area contributed by atoms with Crippen LogP contribution in [-0.4, -0.2) is 40.9 Å². The minimum Gasteiger partial charge on any atom is -0.334 e. The van der Waals surface area contributed by atoms with Gasteiger partial charge in [-0.05, 0) is 50.1 Å². The first-order valence-electron chi connectivity index (χ1n) is 9.46. The van der Waals surface area contributed by atoms with Gasteiger partial charge in [0.15, 0.2) is 0 Å². The van der Waals surface area contributed by atoms with Gasteiger partial charge in [-0.25, -0.2) is 4.39 Å². The van der Waals surface area contributed by atoms with E-state index < -0.39 is 0 Å². The van der Waals surface area contributed by atoms with Crippen LogP contribution in [0, 0.1) is 12.7 Å². The molecule has 0 radical (unpaired) electrons. The maximum atomic E-state index is 13.1. The van der Waals surface area contributed by atoms with Gasteiger partial charge in [-0.3, -0.25) is 9.69 Å². The van der Waals surface area contributed by atoms with E-state index in [0.717, 1.165) is 24.2 Å². The second-order valence-electron chi connectivity index (χ2n) is 7.49. The topological polar surface area (TPSA) is 23.6 Å². The first-order valence-corrected chi connectivity index (χ1v) is 9.46. The lowest BCUT2D eigenvalue weighted by Gasteiger charge is -2.44. The Morgan fingerprint density at radius 1 is 1.04 bits per heavy atom. The molecule has 4 heteroatoms. The van der Waals surface area contributed by atoms with Gasteiger partial charge in [0.1, 0.15) is 5.82 Å². The molecule has 1 aliphatic heterocycles. The molecule has 0 aromatic heterocycles. The van der Waals surface area contributed by atoms with Crippen LogP contribution in [0.4, 0.5) is 4.39 Å². The molecule has 2 aromatic rings. The summed E-state index contributed by atoms with van der Waals surface area (Å²) in [4.78, 5) is 17.0. The Bertz CT molecular complexity index is 798. The van der Waals surface area contributed by atoms with E-state index in [1.807, 2.05) is 54.3 Å². The molecule has 1 amide bonds. The molecule has 0 spiro atoms. The number of halogens is 1. The van der Waals surface area contributed by atoms with Crippen molar-refractivity contribution in [2.24, 2.45) is 0 Å². The van der Waals surface area contributed by atoms with Crippen molar-refractivity contribution in [2.75, 3.05) is 13.1 Å². The summed E-state index contributed by atoms with van der Waals surface area (Å²) in [6.45, 7) is 8.54. The number of carbonyl (C=O) groups is 1. The fraction of sp³-hybridized carbons (Fsp3) is 0.348. The summed E-state index contributed by atoms with van der Waals surface area (Å²) >= 11 is 0. The van der Waals surface area contributed by atoms with Crippen LogP contribution in [0.15, 0.2) is 54.6 Å². The van der Waals surface area contributed by atoms with Gasteiger partial charge in [-0.2, -0.15) is 0 Å². The van der Waals surface area contributed by atoms with Crippen molar-refractivity contribution >= 4 is 12.0 Å². The lowest BCUT2D eigenvalue weighted by atomic mass is 10.1. The summed E-state index contributed by atoms with van der Waals surface area (Å²) in [6.07, 6.45) is 3.55. The lowest BCUT2D eigenvalue weighted by molar-refractivity contribution is -0.131. The summed E-state index contributed by atoms with van der Waals surface area (Å²) in [5.41, 5.74) is 3.33. The molecule has 1 fully saturated rings. The lowest BCUT2D eigenvalue weighted by Crippen LogP contribution is -2.57. The molecule has 0 saturated carbocycles. The molecule has 2 atom stereocenters. The molecule has 1 heterocycles. The highest BCUT2D eigenvalue weighted by atomic mass is 19.1. The molecular weight excluding hydrogens is 339 g/mol. The molecule has 1 aliphatic rings. The van der Waals surface area contributed by atoms with E-state index in [-0.39, 0.29) is 23.8 Å². The monoisotopic (exact) mass is 366 g/mol. The smallest absolute Gasteiger partial charge is 0.246 e. The molecule has 2 aromatic carbocycles. The zero-order chi connectivity index (χ0) is 19.4. The van der Waals surface area contributed by atoms with Gasteiger partial charge in [0.05, 0.1) is 0 Å². The molecule has 142 valence electrons. The fourth-order valence-electron chi connectivity index (χ4n) is 3.49. The van der Waals surface area contributed by atoms with Gasteiger partial charge >= 0.3 is 0 Å².